The topological polar surface area (TPSA) is 54.3 Å². The molecule has 2 aromatic rings. The van der Waals surface area contributed by atoms with Crippen molar-refractivity contribution in [3.63, 3.8) is 0 Å². The van der Waals surface area contributed by atoms with Crippen LogP contribution in [0.4, 0.5) is 0 Å². The van der Waals surface area contributed by atoms with Crippen LogP contribution in [0.25, 0.3) is 0 Å². The highest BCUT2D eigenvalue weighted by atomic mass is 16.3. The average molecular weight is 272 g/mol. The maximum absolute atomic E-state index is 11.9. The fourth-order valence-electron chi connectivity index (χ4n) is 2.10. The van der Waals surface area contributed by atoms with Gasteiger partial charge in [-0.25, -0.2) is 0 Å². The van der Waals surface area contributed by atoms with Crippen molar-refractivity contribution in [2.75, 3.05) is 6.54 Å². The van der Waals surface area contributed by atoms with Gasteiger partial charge in [0, 0.05) is 6.54 Å². The second-order valence-corrected chi connectivity index (χ2v) is 4.64. The summed E-state index contributed by atoms with van der Waals surface area (Å²) in [6, 6.07) is 13.3. The highest BCUT2D eigenvalue weighted by Crippen LogP contribution is 2.22. The Balaban J connectivity index is 2.18. The summed E-state index contributed by atoms with van der Waals surface area (Å²) in [6.45, 7) is 4.39. The van der Waals surface area contributed by atoms with Crippen molar-refractivity contribution in [3.05, 3.63) is 60.1 Å². The largest absolute Gasteiger partial charge is 0.467 e. The third-order valence-electron chi connectivity index (χ3n) is 3.12. The predicted molar refractivity (Wildman–Crippen MR) is 78.3 cm³/mol. The minimum absolute atomic E-state index is 0.0139. The van der Waals surface area contributed by atoms with Crippen molar-refractivity contribution in [1.29, 1.82) is 0 Å². The van der Waals surface area contributed by atoms with E-state index < -0.39 is 0 Å². The van der Waals surface area contributed by atoms with E-state index in [0.29, 0.717) is 6.54 Å². The molecule has 0 spiro atoms. The summed E-state index contributed by atoms with van der Waals surface area (Å²) in [7, 11) is 0. The molecule has 20 heavy (non-hydrogen) atoms. The number of likely N-dealkylation sites (N-methyl/N-ethyl adjacent to an activating group) is 1. The molecule has 0 aliphatic rings. The van der Waals surface area contributed by atoms with Gasteiger partial charge in [0.2, 0.25) is 5.91 Å². The molecule has 1 amide bonds. The number of hydrogen-bond acceptors (Lipinski definition) is 3. The van der Waals surface area contributed by atoms with Crippen LogP contribution in [0.1, 0.15) is 31.2 Å². The minimum atomic E-state index is -0.301. The van der Waals surface area contributed by atoms with Gasteiger partial charge < -0.3 is 9.73 Å². The fourth-order valence-corrected chi connectivity index (χ4v) is 2.10. The number of benzene rings is 1. The summed E-state index contributed by atoms with van der Waals surface area (Å²) in [6.07, 6.45) is 1.64. The Bertz CT molecular complexity index is 523. The molecule has 0 aliphatic carbocycles. The lowest BCUT2D eigenvalue weighted by Crippen LogP contribution is -2.43. The van der Waals surface area contributed by atoms with Crippen LogP contribution >= 0.6 is 0 Å². The lowest BCUT2D eigenvalue weighted by atomic mass is 10.0. The smallest absolute Gasteiger partial charge is 0.236 e. The van der Waals surface area contributed by atoms with Crippen molar-refractivity contribution in [2.45, 2.75) is 25.9 Å². The van der Waals surface area contributed by atoms with E-state index in [0.717, 1.165) is 11.3 Å². The number of nitrogens with one attached hydrogen (secondary N) is 2. The Labute approximate surface area is 119 Å². The summed E-state index contributed by atoms with van der Waals surface area (Å²) in [5.41, 5.74) is 1.07. The van der Waals surface area contributed by atoms with Gasteiger partial charge in [-0.3, -0.25) is 10.1 Å². The molecule has 2 rings (SSSR count). The quantitative estimate of drug-likeness (QED) is 0.849. The summed E-state index contributed by atoms with van der Waals surface area (Å²) in [5, 5.41) is 6.13. The highest BCUT2D eigenvalue weighted by molar-refractivity contribution is 5.81. The van der Waals surface area contributed by atoms with Crippen molar-refractivity contribution < 1.29 is 9.21 Å². The average Bonchev–Trinajstić information content (AvgIpc) is 2.99. The maximum Gasteiger partial charge on any atom is 0.236 e. The van der Waals surface area contributed by atoms with Gasteiger partial charge in [0.15, 0.2) is 0 Å². The predicted octanol–water partition coefficient (Wildman–Crippen LogP) is 2.48. The molecule has 1 heterocycles. The molecule has 0 aliphatic heterocycles. The molecule has 1 aromatic carbocycles. The van der Waals surface area contributed by atoms with E-state index in [1.165, 1.54) is 0 Å². The van der Waals surface area contributed by atoms with Gasteiger partial charge in [-0.2, -0.15) is 0 Å². The van der Waals surface area contributed by atoms with Crippen LogP contribution in [0.5, 0.6) is 0 Å². The number of amides is 1. The summed E-state index contributed by atoms with van der Waals surface area (Å²) in [5.74, 6) is 0.785. The third kappa shape index (κ3) is 3.48. The van der Waals surface area contributed by atoms with E-state index in [-0.39, 0.29) is 18.0 Å². The number of carbonyl (C=O) groups is 1. The minimum Gasteiger partial charge on any atom is -0.467 e. The van der Waals surface area contributed by atoms with Gasteiger partial charge in [-0.15, -0.1) is 0 Å². The van der Waals surface area contributed by atoms with Crippen LogP contribution in [0.15, 0.2) is 53.1 Å². The summed E-state index contributed by atoms with van der Waals surface area (Å²) in [4.78, 5) is 11.9. The van der Waals surface area contributed by atoms with Gasteiger partial charge in [-0.1, -0.05) is 30.3 Å². The molecule has 2 atom stereocenters. The zero-order valence-corrected chi connectivity index (χ0v) is 11.8. The van der Waals surface area contributed by atoms with E-state index in [4.69, 9.17) is 4.42 Å². The zero-order valence-electron chi connectivity index (χ0n) is 11.8. The molecular weight excluding hydrogens is 252 g/mol. The van der Waals surface area contributed by atoms with Gasteiger partial charge in [0.05, 0.1) is 18.3 Å². The standard InChI is InChI=1S/C16H20N2O2/c1-3-17-16(19)12(2)18-15(14-10-7-11-20-14)13-8-5-4-6-9-13/h4-12,15,18H,3H2,1-2H3,(H,17,19)/t12-,15+/m1/s1. The number of hydrogen-bond donors (Lipinski definition) is 2. The number of rotatable bonds is 6. The molecule has 0 bridgehead atoms. The SMILES string of the molecule is CCNC(=O)[C@@H](C)N[C@@H](c1ccccc1)c1ccco1. The Morgan fingerprint density at radius 2 is 1.95 bits per heavy atom. The van der Waals surface area contributed by atoms with Crippen LogP contribution in [0.2, 0.25) is 0 Å². The van der Waals surface area contributed by atoms with Gasteiger partial charge in [-0.05, 0) is 31.5 Å². The molecule has 2 N–H and O–H groups in total. The van der Waals surface area contributed by atoms with Crippen molar-refractivity contribution in [2.24, 2.45) is 0 Å². The van der Waals surface area contributed by atoms with Crippen molar-refractivity contribution in [1.82, 2.24) is 10.6 Å². The Morgan fingerprint density at radius 3 is 2.55 bits per heavy atom. The molecular formula is C16H20N2O2. The lowest BCUT2D eigenvalue weighted by molar-refractivity contribution is -0.122. The molecule has 1 aromatic heterocycles. The van der Waals surface area contributed by atoms with Gasteiger partial charge >= 0.3 is 0 Å². The molecule has 0 unspecified atom stereocenters. The van der Waals surface area contributed by atoms with E-state index in [1.807, 2.05) is 56.3 Å². The second-order valence-electron chi connectivity index (χ2n) is 4.64. The van der Waals surface area contributed by atoms with E-state index in [9.17, 15) is 4.79 Å². The Kier molecular flexibility index (Phi) is 4.96. The van der Waals surface area contributed by atoms with E-state index in [2.05, 4.69) is 10.6 Å². The Hall–Kier alpha value is -2.07. The molecule has 4 nitrogen and oxygen atoms in total. The number of carbonyl (C=O) groups excluding carboxylic acids is 1. The molecule has 0 fully saturated rings. The lowest BCUT2D eigenvalue weighted by Gasteiger charge is -2.21. The molecule has 4 heteroatoms. The first-order chi connectivity index (χ1) is 9.72. The first-order valence-electron chi connectivity index (χ1n) is 6.84. The normalized spacial score (nSPS) is 13.7. The van der Waals surface area contributed by atoms with Crippen LogP contribution in [-0.4, -0.2) is 18.5 Å². The molecule has 0 saturated heterocycles. The van der Waals surface area contributed by atoms with E-state index in [1.54, 1.807) is 6.26 Å². The summed E-state index contributed by atoms with van der Waals surface area (Å²) < 4.78 is 5.50. The second kappa shape index (κ2) is 6.91. The first kappa shape index (κ1) is 14.3. The molecule has 106 valence electrons. The zero-order chi connectivity index (χ0) is 14.4. The van der Waals surface area contributed by atoms with Crippen LogP contribution in [0, 0.1) is 0 Å². The number of furan rings is 1. The third-order valence-corrected chi connectivity index (χ3v) is 3.12. The van der Waals surface area contributed by atoms with Gasteiger partial charge in [0.1, 0.15) is 5.76 Å². The highest BCUT2D eigenvalue weighted by Gasteiger charge is 2.21. The van der Waals surface area contributed by atoms with Crippen LogP contribution in [-0.2, 0) is 4.79 Å². The summed E-state index contributed by atoms with van der Waals surface area (Å²) >= 11 is 0. The van der Waals surface area contributed by atoms with Crippen molar-refractivity contribution in [3.8, 4) is 0 Å². The monoisotopic (exact) mass is 272 g/mol. The maximum atomic E-state index is 11.9. The van der Waals surface area contributed by atoms with Crippen molar-refractivity contribution >= 4 is 5.91 Å². The Morgan fingerprint density at radius 1 is 1.20 bits per heavy atom. The molecule has 0 radical (unpaired) electrons. The van der Waals surface area contributed by atoms with Crippen LogP contribution < -0.4 is 10.6 Å². The van der Waals surface area contributed by atoms with E-state index >= 15 is 0 Å². The van der Waals surface area contributed by atoms with Crippen LogP contribution in [0.3, 0.4) is 0 Å². The first-order valence-corrected chi connectivity index (χ1v) is 6.84. The van der Waals surface area contributed by atoms with Gasteiger partial charge in [0.25, 0.3) is 0 Å². The molecule has 0 saturated carbocycles. The fraction of sp³-hybridized carbons (Fsp3) is 0.312.